The molecule has 1 aromatic carbocycles. The maximum Gasteiger partial charge on any atom is 0.294 e. The number of carbonyl (C=O) groups is 1. The first-order valence-electron chi connectivity index (χ1n) is 4.94. The lowest BCUT2D eigenvalue weighted by atomic mass is 10.0. The summed E-state index contributed by atoms with van der Waals surface area (Å²) >= 11 is 0. The van der Waals surface area contributed by atoms with E-state index in [1.54, 1.807) is 0 Å². The fourth-order valence-corrected chi connectivity index (χ4v) is 2.22. The third-order valence-electron chi connectivity index (χ3n) is 2.29. The van der Waals surface area contributed by atoms with Crippen molar-refractivity contribution in [3.05, 3.63) is 29.8 Å². The molecule has 5 N–H and O–H groups in total. The average molecular weight is 275 g/mol. The average Bonchev–Trinajstić information content (AvgIpc) is 2.26. The molecular weight excluding hydrogens is 262 g/mol. The lowest BCUT2D eigenvalue weighted by Gasteiger charge is -2.18. The van der Waals surface area contributed by atoms with Gasteiger partial charge in [0.25, 0.3) is 10.1 Å². The van der Waals surface area contributed by atoms with Gasteiger partial charge >= 0.3 is 0 Å². The van der Waals surface area contributed by atoms with Gasteiger partial charge in [-0.25, -0.2) is 0 Å². The number of hydrogen-bond acceptors (Lipinski definition) is 5. The van der Waals surface area contributed by atoms with E-state index in [-0.39, 0.29) is 5.56 Å². The van der Waals surface area contributed by atoms with Gasteiger partial charge in [0, 0.05) is 5.56 Å². The molecule has 0 aromatic heterocycles. The highest BCUT2D eigenvalue weighted by molar-refractivity contribution is 7.85. The molecule has 0 fully saturated rings. The molecule has 2 atom stereocenters. The number of rotatable bonds is 5. The summed E-state index contributed by atoms with van der Waals surface area (Å²) in [4.78, 5) is 10.1. The highest BCUT2D eigenvalue weighted by Gasteiger charge is 2.26. The van der Waals surface area contributed by atoms with Gasteiger partial charge in [-0.05, 0) is 6.07 Å². The maximum absolute atomic E-state index is 11.1. The van der Waals surface area contributed by atoms with Crippen LogP contribution in [-0.4, -0.2) is 35.2 Å². The normalized spacial score (nSPS) is 15.1. The summed E-state index contributed by atoms with van der Waals surface area (Å²) in [5, 5.41) is 19.3. The van der Waals surface area contributed by atoms with Crippen molar-refractivity contribution >= 4 is 16.0 Å². The van der Waals surface area contributed by atoms with Crippen molar-refractivity contribution in [1.29, 1.82) is 0 Å². The predicted molar refractivity (Wildman–Crippen MR) is 61.0 cm³/mol. The molecule has 1 amide bonds. The van der Waals surface area contributed by atoms with Crippen LogP contribution in [-0.2, 0) is 14.9 Å². The Morgan fingerprint density at radius 3 is 2.33 bits per heavy atom. The molecule has 2 unspecified atom stereocenters. The van der Waals surface area contributed by atoms with E-state index < -0.39 is 39.5 Å². The molecule has 8 heteroatoms. The zero-order chi connectivity index (χ0) is 13.9. The van der Waals surface area contributed by atoms with E-state index in [2.05, 4.69) is 0 Å². The fraction of sp³-hybridized carbons (Fsp3) is 0.300. The van der Waals surface area contributed by atoms with Crippen LogP contribution in [0.25, 0.3) is 0 Å². The molecule has 0 saturated carbocycles. The van der Waals surface area contributed by atoms with Gasteiger partial charge in [-0.15, -0.1) is 0 Å². The second-order valence-corrected chi connectivity index (χ2v) is 5.09. The predicted octanol–water partition coefficient (Wildman–Crippen LogP) is -0.797. The Balaban J connectivity index is 3.14. The van der Waals surface area contributed by atoms with Crippen LogP contribution in [0, 0.1) is 0 Å². The first kappa shape index (κ1) is 14.6. The van der Waals surface area contributed by atoms with Crippen LogP contribution < -0.4 is 5.73 Å². The molecule has 0 aliphatic heterocycles. The summed E-state index contributed by atoms with van der Waals surface area (Å²) in [6.45, 7) is 0. The minimum Gasteiger partial charge on any atom is -0.390 e. The monoisotopic (exact) mass is 275 g/mol. The van der Waals surface area contributed by atoms with Crippen molar-refractivity contribution in [3.63, 3.8) is 0 Å². The van der Waals surface area contributed by atoms with Crippen LogP contribution in [0.2, 0.25) is 0 Å². The van der Waals surface area contributed by atoms with E-state index in [1.165, 1.54) is 18.2 Å². The number of aliphatic hydroxyl groups is 2. The highest BCUT2D eigenvalue weighted by Crippen LogP contribution is 2.25. The molecule has 7 nitrogen and oxygen atoms in total. The third kappa shape index (κ3) is 3.50. The number of aliphatic hydroxyl groups excluding tert-OH is 2. The molecule has 1 aromatic rings. The van der Waals surface area contributed by atoms with Gasteiger partial charge in [-0.3, -0.25) is 9.35 Å². The number of benzene rings is 1. The Hall–Kier alpha value is -1.48. The van der Waals surface area contributed by atoms with Crippen molar-refractivity contribution in [2.24, 2.45) is 5.73 Å². The summed E-state index contributed by atoms with van der Waals surface area (Å²) in [6, 6.07) is 5.06. The van der Waals surface area contributed by atoms with Crippen molar-refractivity contribution in [3.8, 4) is 0 Å². The summed E-state index contributed by atoms with van der Waals surface area (Å²) in [5.74, 6) is -0.842. The summed E-state index contributed by atoms with van der Waals surface area (Å²) < 4.78 is 31.1. The zero-order valence-electron chi connectivity index (χ0n) is 9.22. The van der Waals surface area contributed by atoms with E-state index in [0.717, 1.165) is 6.07 Å². The molecule has 18 heavy (non-hydrogen) atoms. The Morgan fingerprint density at radius 2 is 1.83 bits per heavy atom. The number of primary amides is 1. The second kappa shape index (κ2) is 5.44. The Labute approximate surface area is 104 Å². The molecule has 1 rings (SSSR count). The van der Waals surface area contributed by atoms with E-state index in [4.69, 9.17) is 10.3 Å². The highest BCUT2D eigenvalue weighted by atomic mass is 32.2. The van der Waals surface area contributed by atoms with Gasteiger partial charge in [-0.2, -0.15) is 8.42 Å². The minimum absolute atomic E-state index is 0.200. The van der Waals surface area contributed by atoms with E-state index in [1.807, 2.05) is 0 Å². The summed E-state index contributed by atoms with van der Waals surface area (Å²) in [5.41, 5.74) is 4.66. The molecule has 0 heterocycles. The van der Waals surface area contributed by atoms with Gasteiger partial charge in [0.05, 0.1) is 17.4 Å². The van der Waals surface area contributed by atoms with Crippen molar-refractivity contribution in [1.82, 2.24) is 0 Å². The zero-order valence-corrected chi connectivity index (χ0v) is 10.0. The number of nitrogens with two attached hydrogens (primary N) is 1. The Morgan fingerprint density at radius 1 is 1.28 bits per heavy atom. The molecule has 0 aliphatic carbocycles. The Kier molecular flexibility index (Phi) is 4.41. The van der Waals surface area contributed by atoms with Gasteiger partial charge in [0.1, 0.15) is 6.10 Å². The van der Waals surface area contributed by atoms with Crippen LogP contribution in [0.3, 0.4) is 0 Å². The van der Waals surface area contributed by atoms with E-state index >= 15 is 0 Å². The Bertz CT molecular complexity index is 541. The molecule has 0 bridgehead atoms. The topological polar surface area (TPSA) is 138 Å². The van der Waals surface area contributed by atoms with Gasteiger partial charge in [0.2, 0.25) is 5.91 Å². The van der Waals surface area contributed by atoms with Crippen LogP contribution in [0.5, 0.6) is 0 Å². The van der Waals surface area contributed by atoms with Crippen LogP contribution in [0.4, 0.5) is 0 Å². The number of hydrogen-bond donors (Lipinski definition) is 4. The summed E-state index contributed by atoms with van der Waals surface area (Å²) in [7, 11) is -4.53. The van der Waals surface area contributed by atoms with Crippen molar-refractivity contribution in [2.45, 2.75) is 23.5 Å². The number of carbonyl (C=O) groups excluding carboxylic acids is 1. The minimum atomic E-state index is -4.53. The van der Waals surface area contributed by atoms with Crippen LogP contribution in [0.15, 0.2) is 29.2 Å². The molecular formula is C10H13NO6S. The van der Waals surface area contributed by atoms with E-state index in [0.29, 0.717) is 0 Å². The summed E-state index contributed by atoms with van der Waals surface area (Å²) in [6.07, 6.45) is -3.72. The lowest BCUT2D eigenvalue weighted by Crippen LogP contribution is -2.26. The molecule has 0 aliphatic rings. The quantitative estimate of drug-likeness (QED) is 0.519. The van der Waals surface area contributed by atoms with Crippen molar-refractivity contribution in [2.75, 3.05) is 0 Å². The standard InChI is InChI=1S/C10H13NO6S/c11-9(13)5-7(12)10(14)6-3-1-2-4-8(6)18(15,16)17/h1-4,7,10,12,14H,5H2,(H2,11,13)(H,15,16,17). The van der Waals surface area contributed by atoms with E-state index in [9.17, 15) is 23.4 Å². The first-order chi connectivity index (χ1) is 8.23. The molecule has 0 spiro atoms. The largest absolute Gasteiger partial charge is 0.390 e. The molecule has 0 radical (unpaired) electrons. The van der Waals surface area contributed by atoms with Gasteiger partial charge in [-0.1, -0.05) is 18.2 Å². The van der Waals surface area contributed by atoms with Gasteiger partial charge < -0.3 is 15.9 Å². The third-order valence-corrected chi connectivity index (χ3v) is 3.22. The van der Waals surface area contributed by atoms with Crippen LogP contribution >= 0.6 is 0 Å². The first-order valence-corrected chi connectivity index (χ1v) is 6.38. The fourth-order valence-electron chi connectivity index (χ4n) is 1.48. The molecule has 0 saturated heterocycles. The lowest BCUT2D eigenvalue weighted by molar-refractivity contribution is -0.121. The van der Waals surface area contributed by atoms with Gasteiger partial charge in [0.15, 0.2) is 0 Å². The second-order valence-electron chi connectivity index (χ2n) is 3.70. The van der Waals surface area contributed by atoms with Crippen molar-refractivity contribution < 1.29 is 28.0 Å². The van der Waals surface area contributed by atoms with Crippen LogP contribution in [0.1, 0.15) is 18.1 Å². The molecule has 100 valence electrons. The SMILES string of the molecule is NC(=O)CC(O)C(O)c1ccccc1S(=O)(=O)O. The maximum atomic E-state index is 11.1. The smallest absolute Gasteiger partial charge is 0.294 e. The number of amides is 1.